The summed E-state index contributed by atoms with van der Waals surface area (Å²) < 4.78 is 3.80. The van der Waals surface area contributed by atoms with Gasteiger partial charge in [0.25, 0.3) is 0 Å². The number of aryl methyl sites for hydroxylation is 1. The fraction of sp³-hybridized carbons (Fsp3) is 0.435. The maximum absolute atomic E-state index is 2.54. The van der Waals surface area contributed by atoms with E-state index in [1.54, 1.807) is 0 Å². The van der Waals surface area contributed by atoms with E-state index in [-0.39, 0.29) is 0 Å². The van der Waals surface area contributed by atoms with E-state index in [1.165, 1.54) is 63.3 Å². The largest absolute Gasteiger partial charge is 0.377 e. The molecule has 27 heavy (non-hydrogen) atoms. The predicted molar refractivity (Wildman–Crippen MR) is 128 cm³/mol. The van der Waals surface area contributed by atoms with Crippen LogP contribution in [0.15, 0.2) is 42.5 Å². The number of alkyl halides is 1. The highest BCUT2D eigenvalue weighted by Crippen LogP contribution is 2.25. The van der Waals surface area contributed by atoms with Crippen molar-refractivity contribution in [2.45, 2.75) is 32.2 Å². The monoisotopic (exact) mass is 476 g/mol. The van der Waals surface area contributed by atoms with Gasteiger partial charge >= 0.3 is 0 Å². The highest BCUT2D eigenvalue weighted by atomic mass is 127. The second kappa shape index (κ2) is 9.09. The Morgan fingerprint density at radius 3 is 1.70 bits per heavy atom. The van der Waals surface area contributed by atoms with Gasteiger partial charge in [-0.25, -0.2) is 0 Å². The van der Waals surface area contributed by atoms with Gasteiger partial charge in [0.2, 0.25) is 11.0 Å². The van der Waals surface area contributed by atoms with Gasteiger partial charge in [-0.2, -0.15) is 4.57 Å². The molecule has 0 fully saturated rings. The molecule has 0 unspecified atom stereocenters. The molecule has 0 atom stereocenters. The summed E-state index contributed by atoms with van der Waals surface area (Å²) in [4.78, 5) is 4.37. The van der Waals surface area contributed by atoms with E-state index >= 15 is 0 Å². The van der Waals surface area contributed by atoms with Gasteiger partial charge in [-0.3, -0.25) is 0 Å². The van der Waals surface area contributed by atoms with Crippen LogP contribution in [0.1, 0.15) is 25.7 Å². The Balaban J connectivity index is 2.11. The third-order valence-corrected chi connectivity index (χ3v) is 5.98. The lowest BCUT2D eigenvalue weighted by molar-refractivity contribution is -0.645. The summed E-state index contributed by atoms with van der Waals surface area (Å²) in [7, 11) is 8.45. The van der Waals surface area contributed by atoms with Gasteiger partial charge in [0.15, 0.2) is 0 Å². The van der Waals surface area contributed by atoms with E-state index in [4.69, 9.17) is 0 Å². The van der Waals surface area contributed by atoms with Crippen LogP contribution in [0.5, 0.6) is 0 Å². The Bertz CT molecular complexity index is 852. The van der Waals surface area contributed by atoms with Gasteiger partial charge in [0.1, 0.15) is 6.54 Å². The van der Waals surface area contributed by atoms with Crippen LogP contribution in [0.25, 0.3) is 21.8 Å². The standard InChI is InChI=1S/C23H31IN3/c1-25(2)20-11-9-18-15-19-10-12-21(26(3)4)17-23(19)27(22(18)16-20)14-8-6-5-7-13-24/h9-12,15-17H,5-8,13-14H2,1-4H3/q+1. The molecule has 0 aliphatic heterocycles. The normalized spacial score (nSPS) is 11.3. The van der Waals surface area contributed by atoms with Crippen molar-refractivity contribution in [1.82, 2.24) is 0 Å². The summed E-state index contributed by atoms with van der Waals surface area (Å²) in [5, 5.41) is 2.64. The molecule has 0 spiro atoms. The van der Waals surface area contributed by atoms with Gasteiger partial charge in [0, 0.05) is 68.9 Å². The lowest BCUT2D eigenvalue weighted by atomic mass is 10.1. The Labute approximate surface area is 177 Å². The Hall–Kier alpha value is -1.56. The van der Waals surface area contributed by atoms with E-state index in [9.17, 15) is 0 Å². The van der Waals surface area contributed by atoms with Crippen molar-refractivity contribution >= 4 is 55.8 Å². The second-order valence-electron chi connectivity index (χ2n) is 7.67. The van der Waals surface area contributed by atoms with Crippen LogP contribution in [-0.4, -0.2) is 32.6 Å². The zero-order valence-corrected chi connectivity index (χ0v) is 19.2. The molecule has 3 nitrogen and oxygen atoms in total. The fourth-order valence-electron chi connectivity index (χ4n) is 3.59. The molecule has 0 radical (unpaired) electrons. The van der Waals surface area contributed by atoms with Crippen molar-refractivity contribution in [3.63, 3.8) is 0 Å². The van der Waals surface area contributed by atoms with Crippen LogP contribution in [0.2, 0.25) is 0 Å². The highest BCUT2D eigenvalue weighted by Gasteiger charge is 2.17. The van der Waals surface area contributed by atoms with Crippen molar-refractivity contribution in [2.24, 2.45) is 0 Å². The van der Waals surface area contributed by atoms with Crippen LogP contribution in [0.4, 0.5) is 11.4 Å². The molecule has 1 aromatic heterocycles. The molecule has 3 aromatic rings. The zero-order chi connectivity index (χ0) is 19.4. The van der Waals surface area contributed by atoms with E-state index < -0.39 is 0 Å². The summed E-state index contributed by atoms with van der Waals surface area (Å²) in [5.74, 6) is 0. The number of rotatable bonds is 8. The molecule has 0 amide bonds. The number of anilines is 2. The van der Waals surface area contributed by atoms with Gasteiger partial charge < -0.3 is 9.80 Å². The number of unbranched alkanes of at least 4 members (excludes halogenated alkanes) is 3. The Kier molecular flexibility index (Phi) is 6.79. The molecule has 0 saturated carbocycles. The maximum atomic E-state index is 2.54. The molecule has 0 aliphatic carbocycles. The molecular weight excluding hydrogens is 445 g/mol. The predicted octanol–water partition coefficient (Wildman–Crippen LogP) is 5.41. The topological polar surface area (TPSA) is 10.4 Å². The highest BCUT2D eigenvalue weighted by molar-refractivity contribution is 14.1. The molecule has 4 heteroatoms. The van der Waals surface area contributed by atoms with Crippen molar-refractivity contribution < 1.29 is 4.57 Å². The second-order valence-corrected chi connectivity index (χ2v) is 8.75. The first kappa shape index (κ1) is 20.2. The van der Waals surface area contributed by atoms with E-state index in [2.05, 4.69) is 108 Å². The van der Waals surface area contributed by atoms with Crippen LogP contribution >= 0.6 is 22.6 Å². The fourth-order valence-corrected chi connectivity index (χ4v) is 4.13. The molecule has 1 heterocycles. The van der Waals surface area contributed by atoms with Crippen molar-refractivity contribution in [3.05, 3.63) is 42.5 Å². The van der Waals surface area contributed by atoms with E-state index in [1.807, 2.05) is 0 Å². The summed E-state index contributed by atoms with van der Waals surface area (Å²) in [6.07, 6.45) is 5.19. The van der Waals surface area contributed by atoms with Crippen LogP contribution in [-0.2, 0) is 6.54 Å². The average molecular weight is 476 g/mol. The quantitative estimate of drug-likeness (QED) is 0.142. The molecule has 2 aromatic carbocycles. The van der Waals surface area contributed by atoms with Crippen molar-refractivity contribution in [2.75, 3.05) is 42.4 Å². The molecule has 0 saturated heterocycles. The molecular formula is C23H31IN3+. The number of nitrogens with zero attached hydrogens (tertiary/aromatic N) is 3. The first-order valence-electron chi connectivity index (χ1n) is 9.82. The summed E-state index contributed by atoms with van der Waals surface area (Å²) >= 11 is 2.48. The Morgan fingerprint density at radius 2 is 1.22 bits per heavy atom. The van der Waals surface area contributed by atoms with E-state index in [0.717, 1.165) is 6.54 Å². The minimum Gasteiger partial charge on any atom is -0.377 e. The van der Waals surface area contributed by atoms with Crippen LogP contribution < -0.4 is 14.4 Å². The third kappa shape index (κ3) is 4.65. The van der Waals surface area contributed by atoms with Crippen molar-refractivity contribution in [1.29, 1.82) is 0 Å². The van der Waals surface area contributed by atoms with Gasteiger partial charge in [-0.15, -0.1) is 0 Å². The zero-order valence-electron chi connectivity index (χ0n) is 17.0. The van der Waals surface area contributed by atoms with Crippen LogP contribution in [0, 0.1) is 0 Å². The van der Waals surface area contributed by atoms with Gasteiger partial charge in [0.05, 0.1) is 0 Å². The number of benzene rings is 2. The smallest absolute Gasteiger partial charge is 0.215 e. The number of halogens is 1. The minimum atomic E-state index is 1.07. The molecule has 144 valence electrons. The molecule has 0 N–H and O–H groups in total. The number of pyridine rings is 1. The summed E-state index contributed by atoms with van der Waals surface area (Å²) in [6, 6.07) is 16.0. The summed E-state index contributed by atoms with van der Waals surface area (Å²) in [6.45, 7) is 1.07. The molecule has 3 rings (SSSR count). The Morgan fingerprint density at radius 1 is 0.704 bits per heavy atom. The van der Waals surface area contributed by atoms with Crippen molar-refractivity contribution in [3.8, 4) is 0 Å². The average Bonchev–Trinajstić information content (AvgIpc) is 2.66. The maximum Gasteiger partial charge on any atom is 0.215 e. The third-order valence-electron chi connectivity index (χ3n) is 5.22. The lowest BCUT2D eigenvalue weighted by Gasteiger charge is -2.15. The van der Waals surface area contributed by atoms with E-state index in [0.29, 0.717) is 0 Å². The number of hydrogen-bond acceptors (Lipinski definition) is 2. The minimum absolute atomic E-state index is 1.07. The number of hydrogen-bond donors (Lipinski definition) is 0. The van der Waals surface area contributed by atoms with Gasteiger partial charge in [-0.1, -0.05) is 29.0 Å². The molecule has 0 aliphatic rings. The van der Waals surface area contributed by atoms with Gasteiger partial charge in [-0.05, 0) is 47.6 Å². The molecule has 0 bridgehead atoms. The summed E-state index contributed by atoms with van der Waals surface area (Å²) in [5.41, 5.74) is 5.17. The SMILES string of the molecule is CN(C)c1ccc2cc3ccc(N(C)C)cc3[n+](CCCCCCI)c2c1. The number of fused-ring (bicyclic) bond motifs is 2. The van der Waals surface area contributed by atoms with Crippen LogP contribution in [0.3, 0.4) is 0 Å². The first-order chi connectivity index (χ1) is 13.0. The number of aromatic nitrogens is 1. The first-order valence-corrected chi connectivity index (χ1v) is 11.3. The lowest BCUT2D eigenvalue weighted by Crippen LogP contribution is -2.36.